The number of rotatable bonds is 6. The van der Waals surface area contributed by atoms with Gasteiger partial charge in [0.05, 0.1) is 13.2 Å². The lowest BCUT2D eigenvalue weighted by Crippen LogP contribution is -2.11. The molecular formula is C24H41BrO2. The molecule has 0 aromatic rings. The fraction of sp³-hybridized carbons (Fsp3) is 0.667. The van der Waals surface area contributed by atoms with E-state index in [1.807, 2.05) is 0 Å². The molecule has 0 radical (unpaired) electrons. The first kappa shape index (κ1) is 26.4. The van der Waals surface area contributed by atoms with Crippen LogP contribution in [0.4, 0.5) is 0 Å². The van der Waals surface area contributed by atoms with Gasteiger partial charge < -0.3 is 9.84 Å². The van der Waals surface area contributed by atoms with Crippen LogP contribution < -0.4 is 0 Å². The highest BCUT2D eigenvalue weighted by Gasteiger charge is 2.08. The van der Waals surface area contributed by atoms with Crippen LogP contribution in [-0.2, 0) is 4.74 Å². The van der Waals surface area contributed by atoms with Crippen LogP contribution in [-0.4, -0.2) is 30.3 Å². The second-order valence-electron chi connectivity index (χ2n) is 7.74. The molecule has 2 aliphatic carbocycles. The maximum Gasteiger partial charge on any atom is 0.0649 e. The Balaban J connectivity index is 0.000000413. The van der Waals surface area contributed by atoms with Crippen molar-refractivity contribution in [2.24, 2.45) is 11.8 Å². The third-order valence-corrected chi connectivity index (χ3v) is 4.79. The van der Waals surface area contributed by atoms with E-state index in [4.69, 9.17) is 9.84 Å². The van der Waals surface area contributed by atoms with Gasteiger partial charge in [0, 0.05) is 11.9 Å². The van der Waals surface area contributed by atoms with Gasteiger partial charge in [-0.2, -0.15) is 0 Å². The normalized spacial score (nSPS) is 20.5. The highest BCUT2D eigenvalue weighted by molar-refractivity contribution is 9.09. The van der Waals surface area contributed by atoms with Gasteiger partial charge in [0.25, 0.3) is 0 Å². The first-order valence-corrected chi connectivity index (χ1v) is 11.4. The number of alkyl halides is 1. The van der Waals surface area contributed by atoms with E-state index in [1.165, 1.54) is 36.8 Å². The van der Waals surface area contributed by atoms with E-state index in [0.717, 1.165) is 37.3 Å². The average Bonchev–Trinajstić information content (AvgIpc) is 2.67. The van der Waals surface area contributed by atoms with Crippen molar-refractivity contribution in [3.8, 4) is 0 Å². The van der Waals surface area contributed by atoms with Gasteiger partial charge in [-0.1, -0.05) is 63.5 Å². The zero-order valence-electron chi connectivity index (χ0n) is 17.9. The smallest absolute Gasteiger partial charge is 0.0649 e. The molecule has 2 atom stereocenters. The molecular weight excluding hydrogens is 400 g/mol. The molecule has 0 bridgehead atoms. The molecule has 0 saturated heterocycles. The van der Waals surface area contributed by atoms with Gasteiger partial charge in [-0.25, -0.2) is 0 Å². The molecule has 0 aromatic carbocycles. The zero-order chi connectivity index (χ0) is 20.3. The Morgan fingerprint density at radius 3 is 1.81 bits per heavy atom. The van der Waals surface area contributed by atoms with E-state index < -0.39 is 0 Å². The van der Waals surface area contributed by atoms with E-state index in [0.29, 0.717) is 12.5 Å². The fourth-order valence-electron chi connectivity index (χ4n) is 2.64. The lowest BCUT2D eigenvalue weighted by atomic mass is 9.95. The van der Waals surface area contributed by atoms with Crippen molar-refractivity contribution in [2.75, 3.05) is 25.2 Å². The van der Waals surface area contributed by atoms with E-state index in [-0.39, 0.29) is 0 Å². The first-order chi connectivity index (χ1) is 13.0. The van der Waals surface area contributed by atoms with Crippen LogP contribution in [0, 0.1) is 11.8 Å². The van der Waals surface area contributed by atoms with Crippen LogP contribution in [0.15, 0.2) is 47.6 Å². The van der Waals surface area contributed by atoms with Crippen molar-refractivity contribution in [2.45, 2.75) is 66.2 Å². The maximum absolute atomic E-state index is 8.66. The Morgan fingerprint density at radius 2 is 1.48 bits per heavy atom. The first-order valence-electron chi connectivity index (χ1n) is 10.3. The summed E-state index contributed by atoms with van der Waals surface area (Å²) < 4.78 is 5.57. The number of ether oxygens (including phenoxy) is 1. The summed E-state index contributed by atoms with van der Waals surface area (Å²) in [4.78, 5) is 0. The molecule has 0 aliphatic heterocycles. The number of halogens is 1. The van der Waals surface area contributed by atoms with Gasteiger partial charge in [-0.3, -0.25) is 0 Å². The Morgan fingerprint density at radius 1 is 0.926 bits per heavy atom. The van der Waals surface area contributed by atoms with Gasteiger partial charge in [-0.15, -0.1) is 0 Å². The lowest BCUT2D eigenvalue weighted by molar-refractivity contribution is 0.118. The van der Waals surface area contributed by atoms with Crippen molar-refractivity contribution in [1.29, 1.82) is 0 Å². The number of hydrogen-bond donors (Lipinski definition) is 1. The third kappa shape index (κ3) is 18.5. The summed E-state index contributed by atoms with van der Waals surface area (Å²) >= 11 is 3.27. The molecule has 27 heavy (non-hydrogen) atoms. The fourth-order valence-corrected chi connectivity index (χ4v) is 3.29. The molecule has 2 nitrogen and oxygen atoms in total. The van der Waals surface area contributed by atoms with Crippen LogP contribution in [0.2, 0.25) is 0 Å². The maximum atomic E-state index is 8.66. The molecule has 2 unspecified atom stereocenters. The lowest BCUT2D eigenvalue weighted by Gasteiger charge is -2.16. The summed E-state index contributed by atoms with van der Waals surface area (Å²) in [6, 6.07) is 0. The third-order valence-electron chi connectivity index (χ3n) is 4.46. The monoisotopic (exact) mass is 440 g/mol. The quantitative estimate of drug-likeness (QED) is 0.273. The number of aliphatic hydroxyl groups is 1. The van der Waals surface area contributed by atoms with Gasteiger partial charge in [-0.05, 0) is 78.1 Å². The van der Waals surface area contributed by atoms with Gasteiger partial charge in [0.15, 0.2) is 0 Å². The Bertz CT molecular complexity index is 455. The van der Waals surface area contributed by atoms with Crippen LogP contribution in [0.25, 0.3) is 0 Å². The van der Waals surface area contributed by atoms with E-state index in [2.05, 4.69) is 80.1 Å². The number of allylic oxidation sites excluding steroid dienone is 7. The standard InChI is InChI=1S/C12H20O.C7H12O.C5H9Br/c1-11(2)8-9-13-10-12-6-4-3-5-7-12;8-6-7-4-2-1-3-5-7;1-5(2)3-4-6/h3-4,8,12H,5-7,9-10H2,1-2H3;1-2,7-8H,3-6H2;3H,4H2,1-2H3. The summed E-state index contributed by atoms with van der Waals surface area (Å²) in [5, 5.41) is 9.64. The predicted molar refractivity (Wildman–Crippen MR) is 124 cm³/mol. The minimum Gasteiger partial charge on any atom is -0.396 e. The molecule has 2 rings (SSSR count). The molecule has 0 amide bonds. The molecule has 156 valence electrons. The van der Waals surface area contributed by atoms with Crippen LogP contribution >= 0.6 is 15.9 Å². The summed E-state index contributed by atoms with van der Waals surface area (Å²) in [6.07, 6.45) is 20.3. The number of aliphatic hydroxyl groups excluding tert-OH is 1. The SMILES string of the molecule is CC(C)=CCBr.CC(C)=CCOCC1CC=CCC1.OCC1CC=CCC1. The molecule has 0 saturated carbocycles. The molecule has 1 N–H and O–H groups in total. The summed E-state index contributed by atoms with van der Waals surface area (Å²) in [5.74, 6) is 1.32. The second kappa shape index (κ2) is 18.7. The Hall–Kier alpha value is -0.640. The van der Waals surface area contributed by atoms with E-state index >= 15 is 0 Å². The van der Waals surface area contributed by atoms with Gasteiger partial charge >= 0.3 is 0 Å². The highest BCUT2D eigenvalue weighted by Crippen LogP contribution is 2.18. The van der Waals surface area contributed by atoms with Crippen molar-refractivity contribution >= 4 is 15.9 Å². The molecule has 0 spiro atoms. The van der Waals surface area contributed by atoms with Crippen molar-refractivity contribution < 1.29 is 9.84 Å². The summed E-state index contributed by atoms with van der Waals surface area (Å²) in [7, 11) is 0. The molecule has 0 aromatic heterocycles. The number of hydrogen-bond acceptors (Lipinski definition) is 2. The summed E-state index contributed by atoms with van der Waals surface area (Å²) in [5.41, 5.74) is 2.70. The van der Waals surface area contributed by atoms with Crippen molar-refractivity contribution in [1.82, 2.24) is 0 Å². The largest absolute Gasteiger partial charge is 0.396 e. The van der Waals surface area contributed by atoms with Crippen LogP contribution in [0.3, 0.4) is 0 Å². The average molecular weight is 441 g/mol. The minimum absolute atomic E-state index is 0.365. The Kier molecular flexibility index (Phi) is 18.3. The zero-order valence-corrected chi connectivity index (χ0v) is 19.5. The van der Waals surface area contributed by atoms with Gasteiger partial charge in [0.2, 0.25) is 0 Å². The molecule has 3 heteroatoms. The van der Waals surface area contributed by atoms with Crippen molar-refractivity contribution in [3.05, 3.63) is 47.6 Å². The Labute approximate surface area is 176 Å². The van der Waals surface area contributed by atoms with E-state index in [9.17, 15) is 0 Å². The highest BCUT2D eigenvalue weighted by atomic mass is 79.9. The second-order valence-corrected chi connectivity index (χ2v) is 8.39. The molecule has 2 aliphatic rings. The molecule has 0 heterocycles. The molecule has 0 fully saturated rings. The minimum atomic E-state index is 0.365. The van der Waals surface area contributed by atoms with Crippen LogP contribution in [0.5, 0.6) is 0 Å². The van der Waals surface area contributed by atoms with Crippen LogP contribution in [0.1, 0.15) is 66.2 Å². The topological polar surface area (TPSA) is 29.5 Å². The van der Waals surface area contributed by atoms with E-state index in [1.54, 1.807) is 0 Å². The summed E-state index contributed by atoms with van der Waals surface area (Å²) in [6.45, 7) is 10.4. The van der Waals surface area contributed by atoms with Crippen molar-refractivity contribution in [3.63, 3.8) is 0 Å². The predicted octanol–water partition coefficient (Wildman–Crippen LogP) is 7.01. The van der Waals surface area contributed by atoms with Gasteiger partial charge in [0.1, 0.15) is 0 Å².